The Kier molecular flexibility index (Phi) is 3.84. The van der Waals surface area contributed by atoms with Gasteiger partial charge in [0.15, 0.2) is 0 Å². The first-order chi connectivity index (χ1) is 11.6. The first-order valence-electron chi connectivity index (χ1n) is 7.90. The Hall–Kier alpha value is -2.21. The highest BCUT2D eigenvalue weighted by Crippen LogP contribution is 2.44. The number of urea groups is 1. The Morgan fingerprint density at radius 1 is 1.12 bits per heavy atom. The lowest BCUT2D eigenvalue weighted by Crippen LogP contribution is -2.20. The van der Waals surface area contributed by atoms with Gasteiger partial charge in [0, 0.05) is 34.1 Å². The summed E-state index contributed by atoms with van der Waals surface area (Å²) in [5.41, 5.74) is 4.68. The van der Waals surface area contributed by atoms with Crippen LogP contribution in [0.4, 0.5) is 16.2 Å². The topological polar surface area (TPSA) is 59.6 Å². The van der Waals surface area contributed by atoms with Crippen LogP contribution in [-0.2, 0) is 12.8 Å². The second-order valence-electron chi connectivity index (χ2n) is 5.96. The van der Waals surface area contributed by atoms with Crippen molar-refractivity contribution in [2.45, 2.75) is 19.8 Å². The number of carbonyl (C=O) groups excluding carboxylic acids is 1. The van der Waals surface area contributed by atoms with Crippen molar-refractivity contribution in [1.29, 1.82) is 0 Å². The Morgan fingerprint density at radius 3 is 2.79 bits per heavy atom. The van der Waals surface area contributed by atoms with Crippen LogP contribution in [0.2, 0.25) is 0 Å². The zero-order chi connectivity index (χ0) is 16.7. The minimum Gasteiger partial charge on any atom is -0.493 e. The number of carbonyl (C=O) groups is 1. The molecule has 2 aliphatic heterocycles. The van der Waals surface area contributed by atoms with Crippen LogP contribution in [0.1, 0.15) is 16.7 Å². The van der Waals surface area contributed by atoms with Crippen molar-refractivity contribution >= 4 is 33.3 Å². The summed E-state index contributed by atoms with van der Waals surface area (Å²) >= 11 is 3.48. The SMILES string of the molecule is Cc1ccc(NC(=O)Nc2c3c(cc4c2OCC4)OCC3)cc1Br. The van der Waals surface area contributed by atoms with Crippen molar-refractivity contribution in [3.8, 4) is 11.5 Å². The number of halogens is 1. The second-order valence-corrected chi connectivity index (χ2v) is 6.81. The van der Waals surface area contributed by atoms with E-state index in [1.165, 1.54) is 0 Å². The second kappa shape index (κ2) is 6.02. The molecule has 6 heteroatoms. The molecule has 0 atom stereocenters. The van der Waals surface area contributed by atoms with Crippen LogP contribution < -0.4 is 20.1 Å². The molecule has 4 rings (SSSR count). The van der Waals surface area contributed by atoms with Gasteiger partial charge in [0.1, 0.15) is 11.5 Å². The van der Waals surface area contributed by atoms with Crippen LogP contribution in [0.25, 0.3) is 0 Å². The minimum atomic E-state index is -0.288. The third kappa shape index (κ3) is 2.71. The quantitative estimate of drug-likeness (QED) is 0.807. The fourth-order valence-electron chi connectivity index (χ4n) is 3.06. The third-order valence-electron chi connectivity index (χ3n) is 4.32. The number of fused-ring (bicyclic) bond motifs is 2. The van der Waals surface area contributed by atoms with Gasteiger partial charge >= 0.3 is 6.03 Å². The molecule has 0 spiro atoms. The largest absolute Gasteiger partial charge is 0.493 e. The van der Waals surface area contributed by atoms with Gasteiger partial charge < -0.3 is 20.1 Å². The number of anilines is 2. The molecule has 2 aromatic carbocycles. The minimum absolute atomic E-state index is 0.288. The Morgan fingerprint density at radius 2 is 1.96 bits per heavy atom. The maximum absolute atomic E-state index is 12.4. The van der Waals surface area contributed by atoms with E-state index in [2.05, 4.69) is 26.6 Å². The zero-order valence-corrected chi connectivity index (χ0v) is 14.8. The van der Waals surface area contributed by atoms with Crippen LogP contribution in [0.5, 0.6) is 11.5 Å². The Balaban J connectivity index is 1.59. The molecule has 0 saturated heterocycles. The van der Waals surface area contributed by atoms with Gasteiger partial charge in [0.05, 0.1) is 18.9 Å². The summed E-state index contributed by atoms with van der Waals surface area (Å²) in [7, 11) is 0. The molecule has 0 radical (unpaired) electrons. The molecule has 0 aliphatic carbocycles. The number of hydrogen-bond acceptors (Lipinski definition) is 3. The molecular weight excluding hydrogens is 372 g/mol. The van der Waals surface area contributed by atoms with Crippen molar-refractivity contribution in [1.82, 2.24) is 0 Å². The molecular formula is C18H17BrN2O3. The van der Waals surface area contributed by atoms with Crippen molar-refractivity contribution in [2.75, 3.05) is 23.8 Å². The molecule has 0 saturated carbocycles. The summed E-state index contributed by atoms with van der Waals surface area (Å²) in [5, 5.41) is 5.82. The molecule has 2 aliphatic rings. The molecule has 24 heavy (non-hydrogen) atoms. The molecule has 2 N–H and O–H groups in total. The highest BCUT2D eigenvalue weighted by atomic mass is 79.9. The molecule has 2 aromatic rings. The van der Waals surface area contributed by atoms with Crippen LogP contribution in [0.15, 0.2) is 28.7 Å². The Bertz CT molecular complexity index is 803. The molecule has 0 aromatic heterocycles. The van der Waals surface area contributed by atoms with Crippen molar-refractivity contribution in [2.24, 2.45) is 0 Å². The number of benzene rings is 2. The number of aryl methyl sites for hydroxylation is 1. The average Bonchev–Trinajstić information content (AvgIpc) is 3.19. The molecule has 0 bridgehead atoms. The predicted octanol–water partition coefficient (Wildman–Crippen LogP) is 4.27. The number of nitrogens with one attached hydrogen (secondary N) is 2. The van der Waals surface area contributed by atoms with E-state index in [9.17, 15) is 4.79 Å². The molecule has 0 unspecified atom stereocenters. The smallest absolute Gasteiger partial charge is 0.323 e. The highest BCUT2D eigenvalue weighted by molar-refractivity contribution is 9.10. The maximum Gasteiger partial charge on any atom is 0.323 e. The summed E-state index contributed by atoms with van der Waals surface area (Å²) in [5.74, 6) is 1.63. The van der Waals surface area contributed by atoms with Crippen LogP contribution >= 0.6 is 15.9 Å². The summed E-state index contributed by atoms with van der Waals surface area (Å²) in [6.07, 6.45) is 1.62. The van der Waals surface area contributed by atoms with Crippen LogP contribution in [-0.4, -0.2) is 19.2 Å². The van der Waals surface area contributed by atoms with Gasteiger partial charge in [-0.15, -0.1) is 0 Å². The maximum atomic E-state index is 12.4. The fraction of sp³-hybridized carbons (Fsp3) is 0.278. The molecule has 5 nitrogen and oxygen atoms in total. The van der Waals surface area contributed by atoms with E-state index >= 15 is 0 Å². The fourth-order valence-corrected chi connectivity index (χ4v) is 3.44. The van der Waals surface area contributed by atoms with E-state index in [1.54, 1.807) is 0 Å². The van der Waals surface area contributed by atoms with Gasteiger partial charge in [0.2, 0.25) is 0 Å². The van der Waals surface area contributed by atoms with E-state index in [-0.39, 0.29) is 6.03 Å². The standard InChI is InChI=1S/C18H17BrN2O3/c1-10-2-3-12(9-14(10)19)20-18(22)21-16-13-5-7-23-15(13)8-11-4-6-24-17(11)16/h2-3,8-9H,4-7H2,1H3,(H2,20,21,22). The van der Waals surface area contributed by atoms with Gasteiger partial charge in [0.25, 0.3) is 0 Å². The number of rotatable bonds is 2. The predicted molar refractivity (Wildman–Crippen MR) is 96.4 cm³/mol. The van der Waals surface area contributed by atoms with Gasteiger partial charge in [-0.05, 0) is 30.7 Å². The number of ether oxygens (including phenoxy) is 2. The molecule has 0 fully saturated rings. The van der Waals surface area contributed by atoms with Crippen molar-refractivity contribution in [3.63, 3.8) is 0 Å². The van der Waals surface area contributed by atoms with Crippen LogP contribution in [0, 0.1) is 6.92 Å². The lowest BCUT2D eigenvalue weighted by molar-refractivity contribution is 0.262. The zero-order valence-electron chi connectivity index (χ0n) is 13.2. The lowest BCUT2D eigenvalue weighted by Gasteiger charge is -2.15. The summed E-state index contributed by atoms with van der Waals surface area (Å²) < 4.78 is 12.4. The van der Waals surface area contributed by atoms with Crippen molar-refractivity contribution < 1.29 is 14.3 Å². The van der Waals surface area contributed by atoms with E-state index in [4.69, 9.17) is 9.47 Å². The Labute approximate surface area is 148 Å². The van der Waals surface area contributed by atoms with Crippen LogP contribution in [0.3, 0.4) is 0 Å². The molecule has 2 heterocycles. The number of amides is 2. The summed E-state index contributed by atoms with van der Waals surface area (Å²) in [4.78, 5) is 12.4. The first-order valence-corrected chi connectivity index (χ1v) is 8.69. The van der Waals surface area contributed by atoms with Gasteiger partial charge in [-0.2, -0.15) is 0 Å². The van der Waals surface area contributed by atoms with Gasteiger partial charge in [-0.1, -0.05) is 22.0 Å². The van der Waals surface area contributed by atoms with Gasteiger partial charge in [-0.3, -0.25) is 0 Å². The third-order valence-corrected chi connectivity index (χ3v) is 5.17. The van der Waals surface area contributed by atoms with E-state index < -0.39 is 0 Å². The summed E-state index contributed by atoms with van der Waals surface area (Å²) in [6.45, 7) is 3.28. The van der Waals surface area contributed by atoms with E-state index in [0.717, 1.165) is 56.9 Å². The normalized spacial score (nSPS) is 14.4. The van der Waals surface area contributed by atoms with Crippen molar-refractivity contribution in [3.05, 3.63) is 45.4 Å². The monoisotopic (exact) mass is 388 g/mol. The number of hydrogen-bond donors (Lipinski definition) is 2. The average molecular weight is 389 g/mol. The molecule has 124 valence electrons. The van der Waals surface area contributed by atoms with Gasteiger partial charge in [-0.25, -0.2) is 4.79 Å². The highest BCUT2D eigenvalue weighted by Gasteiger charge is 2.27. The van der Waals surface area contributed by atoms with E-state index in [1.807, 2.05) is 31.2 Å². The molecule has 2 amide bonds. The summed E-state index contributed by atoms with van der Waals surface area (Å²) in [6, 6.07) is 7.45. The first kappa shape index (κ1) is 15.3. The lowest BCUT2D eigenvalue weighted by atomic mass is 10.0. The van der Waals surface area contributed by atoms with E-state index in [0.29, 0.717) is 13.2 Å².